The van der Waals surface area contributed by atoms with Crippen molar-refractivity contribution in [2.75, 3.05) is 13.2 Å². The van der Waals surface area contributed by atoms with Gasteiger partial charge >= 0.3 is 5.97 Å². The Bertz CT molecular complexity index is 206. The van der Waals surface area contributed by atoms with Crippen molar-refractivity contribution in [3.05, 3.63) is 12.7 Å². The van der Waals surface area contributed by atoms with E-state index in [0.29, 0.717) is 5.54 Å². The van der Waals surface area contributed by atoms with Crippen LogP contribution in [0.1, 0.15) is 33.6 Å². The second-order valence-electron chi connectivity index (χ2n) is 4.05. The van der Waals surface area contributed by atoms with Crippen LogP contribution in [-0.2, 0) is 14.3 Å². The summed E-state index contributed by atoms with van der Waals surface area (Å²) in [5.41, 5.74) is 0.681. The summed E-state index contributed by atoms with van der Waals surface area (Å²) in [5, 5.41) is 0. The Labute approximate surface area is 101 Å². The highest BCUT2D eigenvalue weighted by atomic mass is 28.2. The maximum absolute atomic E-state index is 11.1. The molecule has 4 heteroatoms. The van der Waals surface area contributed by atoms with E-state index in [2.05, 4.69) is 20.4 Å². The van der Waals surface area contributed by atoms with Crippen molar-refractivity contribution >= 4 is 15.5 Å². The first-order chi connectivity index (χ1) is 7.63. The highest BCUT2D eigenvalue weighted by molar-refractivity contribution is 6.39. The molecule has 0 rings (SSSR count). The smallest absolute Gasteiger partial charge is 0.330 e. The first kappa shape index (κ1) is 15.4. The Morgan fingerprint density at radius 3 is 2.69 bits per heavy atom. The van der Waals surface area contributed by atoms with Gasteiger partial charge in [0.1, 0.15) is 0 Å². The van der Waals surface area contributed by atoms with Crippen molar-refractivity contribution in [1.82, 2.24) is 0 Å². The topological polar surface area (TPSA) is 35.5 Å². The van der Waals surface area contributed by atoms with E-state index in [1.807, 2.05) is 6.92 Å². The van der Waals surface area contributed by atoms with Crippen molar-refractivity contribution in [1.29, 1.82) is 0 Å². The molecule has 0 saturated carbocycles. The van der Waals surface area contributed by atoms with Gasteiger partial charge in [0.05, 0.1) is 15.2 Å². The molecule has 0 N–H and O–H groups in total. The van der Waals surface area contributed by atoms with Gasteiger partial charge in [-0.25, -0.2) is 4.79 Å². The lowest BCUT2D eigenvalue weighted by atomic mass is 10.3. The molecule has 94 valence electrons. The van der Waals surface area contributed by atoms with Crippen LogP contribution in [0, 0.1) is 0 Å². The summed E-state index contributed by atoms with van der Waals surface area (Å²) in [6.45, 7) is 11.2. The summed E-state index contributed by atoms with van der Waals surface area (Å²) in [5.74, 6) is -0.297. The Balaban J connectivity index is 3.99. The summed E-state index contributed by atoms with van der Waals surface area (Å²) >= 11 is 0. The van der Waals surface area contributed by atoms with Crippen LogP contribution in [0.2, 0.25) is 5.54 Å². The van der Waals surface area contributed by atoms with Crippen LogP contribution in [0.5, 0.6) is 0 Å². The lowest BCUT2D eigenvalue weighted by Gasteiger charge is -2.19. The number of esters is 1. The van der Waals surface area contributed by atoms with Crippen LogP contribution >= 0.6 is 0 Å². The van der Waals surface area contributed by atoms with Crippen molar-refractivity contribution in [2.24, 2.45) is 0 Å². The van der Waals surface area contributed by atoms with Crippen LogP contribution in [0.25, 0.3) is 0 Å². The van der Waals surface area contributed by atoms with Gasteiger partial charge in [0, 0.05) is 19.3 Å². The molecule has 0 aliphatic heterocycles. The molecule has 0 aliphatic carbocycles. The molecule has 3 nitrogen and oxygen atoms in total. The molecule has 16 heavy (non-hydrogen) atoms. The Kier molecular flexibility index (Phi) is 9.23. The number of hydrogen-bond donors (Lipinski definition) is 0. The van der Waals surface area contributed by atoms with E-state index < -0.39 is 9.52 Å². The molecule has 0 saturated heterocycles. The van der Waals surface area contributed by atoms with Crippen molar-refractivity contribution in [2.45, 2.75) is 44.9 Å². The Morgan fingerprint density at radius 1 is 1.50 bits per heavy atom. The minimum absolute atomic E-state index is 0.131. The zero-order valence-electron chi connectivity index (χ0n) is 10.7. The quantitative estimate of drug-likeness (QED) is 0.353. The Hall–Kier alpha value is -0.613. The molecular formula is C12H24O3Si. The highest BCUT2D eigenvalue weighted by Gasteiger charge is 2.16. The maximum Gasteiger partial charge on any atom is 0.330 e. The van der Waals surface area contributed by atoms with E-state index in [4.69, 9.17) is 9.47 Å². The number of carbonyl (C=O) groups is 1. The monoisotopic (exact) mass is 244 g/mol. The minimum atomic E-state index is -0.450. The van der Waals surface area contributed by atoms with E-state index in [0.717, 1.165) is 26.1 Å². The standard InChI is InChI=1S/C12H24O3Si/c1-5-8-12(15-11(13)6-2)16-10(4)9-14-7-3/h6,10,12H,2,5,7-9,16H2,1,3-4H3. The van der Waals surface area contributed by atoms with Gasteiger partial charge in [-0.15, -0.1) is 0 Å². The van der Waals surface area contributed by atoms with E-state index in [9.17, 15) is 4.79 Å². The fraction of sp³-hybridized carbons (Fsp3) is 0.750. The molecule has 0 bridgehead atoms. The Morgan fingerprint density at radius 2 is 2.19 bits per heavy atom. The van der Waals surface area contributed by atoms with Gasteiger partial charge in [0.25, 0.3) is 0 Å². The summed E-state index contributed by atoms with van der Waals surface area (Å²) in [4.78, 5) is 11.1. The first-order valence-electron chi connectivity index (χ1n) is 6.04. The summed E-state index contributed by atoms with van der Waals surface area (Å²) in [6.07, 6.45) is 3.25. The van der Waals surface area contributed by atoms with Gasteiger partial charge in [-0.2, -0.15) is 0 Å². The highest BCUT2D eigenvalue weighted by Crippen LogP contribution is 2.10. The predicted molar refractivity (Wildman–Crippen MR) is 69.4 cm³/mol. The van der Waals surface area contributed by atoms with Gasteiger partial charge in [0.15, 0.2) is 0 Å². The molecule has 0 spiro atoms. The third-order valence-corrected chi connectivity index (χ3v) is 4.47. The number of rotatable bonds is 9. The molecule has 0 aromatic rings. The van der Waals surface area contributed by atoms with Crippen molar-refractivity contribution in [3.63, 3.8) is 0 Å². The third-order valence-electron chi connectivity index (χ3n) is 2.33. The molecule has 2 atom stereocenters. The van der Waals surface area contributed by atoms with E-state index in [-0.39, 0.29) is 11.7 Å². The molecule has 0 radical (unpaired) electrons. The lowest BCUT2D eigenvalue weighted by Crippen LogP contribution is -2.27. The lowest BCUT2D eigenvalue weighted by molar-refractivity contribution is -0.139. The maximum atomic E-state index is 11.1. The largest absolute Gasteiger partial charge is 0.464 e. The second kappa shape index (κ2) is 9.60. The number of carbonyl (C=O) groups excluding carboxylic acids is 1. The van der Waals surface area contributed by atoms with Crippen LogP contribution in [-0.4, -0.2) is 34.4 Å². The van der Waals surface area contributed by atoms with Gasteiger partial charge in [-0.05, 0) is 18.9 Å². The molecular weight excluding hydrogens is 220 g/mol. The average molecular weight is 244 g/mol. The molecule has 0 aromatic heterocycles. The van der Waals surface area contributed by atoms with Crippen LogP contribution in [0.15, 0.2) is 12.7 Å². The first-order valence-corrected chi connectivity index (χ1v) is 7.68. The molecule has 2 unspecified atom stereocenters. The zero-order valence-corrected chi connectivity index (χ0v) is 12.1. The summed E-state index contributed by atoms with van der Waals surface area (Å²) in [7, 11) is -0.450. The molecule has 0 aliphatic rings. The third kappa shape index (κ3) is 7.65. The molecule has 0 amide bonds. The van der Waals surface area contributed by atoms with Crippen molar-refractivity contribution in [3.8, 4) is 0 Å². The second-order valence-corrected chi connectivity index (χ2v) is 6.83. The normalized spacial score (nSPS) is 14.9. The van der Waals surface area contributed by atoms with Crippen LogP contribution in [0.3, 0.4) is 0 Å². The fourth-order valence-electron chi connectivity index (χ4n) is 1.60. The minimum Gasteiger partial charge on any atom is -0.464 e. The molecule has 0 fully saturated rings. The van der Waals surface area contributed by atoms with Crippen molar-refractivity contribution < 1.29 is 14.3 Å². The predicted octanol–water partition coefficient (Wildman–Crippen LogP) is 1.86. The van der Waals surface area contributed by atoms with Gasteiger partial charge in [-0.1, -0.05) is 26.8 Å². The van der Waals surface area contributed by atoms with Crippen LogP contribution < -0.4 is 0 Å². The van der Waals surface area contributed by atoms with E-state index >= 15 is 0 Å². The summed E-state index contributed by atoms with van der Waals surface area (Å²) in [6, 6.07) is 0. The van der Waals surface area contributed by atoms with Gasteiger partial charge in [0.2, 0.25) is 0 Å². The van der Waals surface area contributed by atoms with Gasteiger partial charge in [-0.3, -0.25) is 0 Å². The SMILES string of the molecule is C=CC(=O)OC(CCC)[SiH2]C(C)COCC. The molecule has 0 aromatic carbocycles. The average Bonchev–Trinajstić information content (AvgIpc) is 2.26. The van der Waals surface area contributed by atoms with E-state index in [1.165, 1.54) is 6.08 Å². The summed E-state index contributed by atoms with van der Waals surface area (Å²) < 4.78 is 10.7. The number of hydrogen-bond acceptors (Lipinski definition) is 3. The molecule has 0 heterocycles. The van der Waals surface area contributed by atoms with Crippen LogP contribution in [0.4, 0.5) is 0 Å². The zero-order chi connectivity index (χ0) is 12.4. The van der Waals surface area contributed by atoms with Gasteiger partial charge < -0.3 is 9.47 Å². The number of ether oxygens (including phenoxy) is 2. The van der Waals surface area contributed by atoms with E-state index in [1.54, 1.807) is 0 Å². The fourth-order valence-corrected chi connectivity index (χ4v) is 3.70.